The highest BCUT2D eigenvalue weighted by Crippen LogP contribution is 2.17. The van der Waals surface area contributed by atoms with Crippen LogP contribution in [0.4, 0.5) is 0 Å². The molecule has 0 spiro atoms. The lowest BCUT2D eigenvalue weighted by molar-refractivity contribution is 0.0438. The van der Waals surface area contributed by atoms with Crippen LogP contribution in [0.15, 0.2) is 59.0 Å². The van der Waals surface area contributed by atoms with Crippen LogP contribution in [0.3, 0.4) is 0 Å². The molecule has 3 rings (SSSR count). The molecule has 0 atom stereocenters. The molecule has 3 aromatic rings. The van der Waals surface area contributed by atoms with E-state index in [-0.39, 0.29) is 12.5 Å². The zero-order valence-corrected chi connectivity index (χ0v) is 12.2. The SMILES string of the molecule is O=C(OCc1nnc(-c2ccccc2)o1)c1cccc(Cl)c1. The molecular formula is C16H11ClN2O3. The highest BCUT2D eigenvalue weighted by Gasteiger charge is 2.12. The summed E-state index contributed by atoms with van der Waals surface area (Å²) in [6.45, 7) is -0.0921. The molecule has 0 saturated carbocycles. The molecule has 0 aliphatic rings. The number of nitrogens with zero attached hydrogens (tertiary/aromatic N) is 2. The Balaban J connectivity index is 1.65. The molecule has 0 aliphatic heterocycles. The molecule has 0 radical (unpaired) electrons. The Morgan fingerprint density at radius 2 is 1.91 bits per heavy atom. The smallest absolute Gasteiger partial charge is 0.338 e. The third kappa shape index (κ3) is 3.32. The zero-order chi connectivity index (χ0) is 15.4. The van der Waals surface area contributed by atoms with E-state index in [1.165, 1.54) is 6.07 Å². The maximum absolute atomic E-state index is 11.9. The number of halogens is 1. The van der Waals surface area contributed by atoms with E-state index < -0.39 is 5.97 Å². The molecular weight excluding hydrogens is 304 g/mol. The lowest BCUT2D eigenvalue weighted by Gasteiger charge is -2.02. The summed E-state index contributed by atoms with van der Waals surface area (Å²) in [7, 11) is 0. The number of rotatable bonds is 4. The molecule has 0 aliphatic carbocycles. The van der Waals surface area contributed by atoms with Gasteiger partial charge in [-0.25, -0.2) is 4.79 Å². The maximum Gasteiger partial charge on any atom is 0.338 e. The molecule has 0 unspecified atom stereocenters. The van der Waals surface area contributed by atoms with Crippen LogP contribution in [0.25, 0.3) is 11.5 Å². The standard InChI is InChI=1S/C16H11ClN2O3/c17-13-8-4-7-12(9-13)16(20)21-10-14-18-19-15(22-14)11-5-2-1-3-6-11/h1-9H,10H2. The van der Waals surface area contributed by atoms with Crippen LogP contribution in [0.1, 0.15) is 16.2 Å². The van der Waals surface area contributed by atoms with Crippen molar-refractivity contribution >= 4 is 17.6 Å². The van der Waals surface area contributed by atoms with E-state index in [2.05, 4.69) is 10.2 Å². The van der Waals surface area contributed by atoms with Crippen LogP contribution in [0.5, 0.6) is 0 Å². The average Bonchev–Trinajstić information content (AvgIpc) is 3.02. The van der Waals surface area contributed by atoms with Gasteiger partial charge in [0.25, 0.3) is 5.89 Å². The van der Waals surface area contributed by atoms with Crippen molar-refractivity contribution in [2.75, 3.05) is 0 Å². The Morgan fingerprint density at radius 1 is 1.09 bits per heavy atom. The Bertz CT molecular complexity index is 787. The molecule has 22 heavy (non-hydrogen) atoms. The van der Waals surface area contributed by atoms with Crippen molar-refractivity contribution in [3.8, 4) is 11.5 Å². The largest absolute Gasteiger partial charge is 0.452 e. The minimum Gasteiger partial charge on any atom is -0.452 e. The number of esters is 1. The predicted molar refractivity (Wildman–Crippen MR) is 80.3 cm³/mol. The Hall–Kier alpha value is -2.66. The number of carbonyl (C=O) groups is 1. The number of aromatic nitrogens is 2. The van der Waals surface area contributed by atoms with E-state index in [1.54, 1.807) is 18.2 Å². The number of carbonyl (C=O) groups excluding carboxylic acids is 1. The van der Waals surface area contributed by atoms with Gasteiger partial charge in [0.05, 0.1) is 5.56 Å². The number of benzene rings is 2. The molecule has 110 valence electrons. The number of hydrogen-bond acceptors (Lipinski definition) is 5. The number of ether oxygens (including phenoxy) is 1. The van der Waals surface area contributed by atoms with Crippen LogP contribution in [0, 0.1) is 0 Å². The zero-order valence-electron chi connectivity index (χ0n) is 11.4. The minimum absolute atomic E-state index is 0.0921. The topological polar surface area (TPSA) is 65.2 Å². The van der Waals surface area contributed by atoms with Crippen molar-refractivity contribution in [3.63, 3.8) is 0 Å². The van der Waals surface area contributed by atoms with Crippen molar-refractivity contribution in [2.24, 2.45) is 0 Å². The van der Waals surface area contributed by atoms with E-state index in [4.69, 9.17) is 20.8 Å². The van der Waals surface area contributed by atoms with Crippen molar-refractivity contribution in [3.05, 3.63) is 71.1 Å². The van der Waals surface area contributed by atoms with Crippen molar-refractivity contribution in [2.45, 2.75) is 6.61 Å². The van der Waals surface area contributed by atoms with Crippen molar-refractivity contribution in [1.82, 2.24) is 10.2 Å². The van der Waals surface area contributed by atoms with Crippen LogP contribution in [-0.4, -0.2) is 16.2 Å². The van der Waals surface area contributed by atoms with Gasteiger partial charge in [-0.2, -0.15) is 0 Å². The van der Waals surface area contributed by atoms with Gasteiger partial charge >= 0.3 is 5.97 Å². The summed E-state index contributed by atoms with van der Waals surface area (Å²) in [4.78, 5) is 11.9. The first-order valence-corrected chi connectivity index (χ1v) is 6.90. The fourth-order valence-corrected chi connectivity index (χ4v) is 2.03. The Morgan fingerprint density at radius 3 is 2.68 bits per heavy atom. The molecule has 1 heterocycles. The summed E-state index contributed by atoms with van der Waals surface area (Å²) in [5.74, 6) is 0.116. The highest BCUT2D eigenvalue weighted by molar-refractivity contribution is 6.30. The van der Waals surface area contributed by atoms with Crippen LogP contribution in [0.2, 0.25) is 5.02 Å². The molecule has 6 heteroatoms. The van der Waals surface area contributed by atoms with Gasteiger partial charge < -0.3 is 9.15 Å². The first kappa shape index (κ1) is 14.3. The third-order valence-corrected chi connectivity index (χ3v) is 3.11. The highest BCUT2D eigenvalue weighted by atomic mass is 35.5. The number of hydrogen-bond donors (Lipinski definition) is 0. The van der Waals surface area contributed by atoms with Gasteiger partial charge in [-0.05, 0) is 30.3 Å². The first-order valence-electron chi connectivity index (χ1n) is 6.53. The molecule has 1 aromatic heterocycles. The van der Waals surface area contributed by atoms with Gasteiger partial charge in [0.1, 0.15) is 0 Å². The van der Waals surface area contributed by atoms with E-state index in [0.29, 0.717) is 16.5 Å². The van der Waals surface area contributed by atoms with E-state index in [9.17, 15) is 4.79 Å². The van der Waals surface area contributed by atoms with Gasteiger partial charge in [0.15, 0.2) is 6.61 Å². The quantitative estimate of drug-likeness (QED) is 0.686. The summed E-state index contributed by atoms with van der Waals surface area (Å²) in [6.07, 6.45) is 0. The maximum atomic E-state index is 11.9. The second-order valence-electron chi connectivity index (χ2n) is 4.45. The molecule has 0 amide bonds. The first-order chi connectivity index (χ1) is 10.7. The summed E-state index contributed by atoms with van der Waals surface area (Å²) in [6, 6.07) is 15.9. The summed E-state index contributed by atoms with van der Waals surface area (Å²) in [5, 5.41) is 8.25. The molecule has 0 bridgehead atoms. The van der Waals surface area contributed by atoms with E-state index in [0.717, 1.165) is 5.56 Å². The van der Waals surface area contributed by atoms with Gasteiger partial charge in [0.2, 0.25) is 5.89 Å². The lowest BCUT2D eigenvalue weighted by atomic mass is 10.2. The summed E-state index contributed by atoms with van der Waals surface area (Å²) in [5.41, 5.74) is 1.18. The van der Waals surface area contributed by atoms with E-state index in [1.807, 2.05) is 30.3 Å². The van der Waals surface area contributed by atoms with Gasteiger partial charge in [0, 0.05) is 10.6 Å². The van der Waals surface area contributed by atoms with Gasteiger partial charge in [-0.3, -0.25) is 0 Å². The second-order valence-corrected chi connectivity index (χ2v) is 4.89. The van der Waals surface area contributed by atoms with Gasteiger partial charge in [-0.1, -0.05) is 35.9 Å². The van der Waals surface area contributed by atoms with Crippen molar-refractivity contribution < 1.29 is 13.9 Å². The molecule has 5 nitrogen and oxygen atoms in total. The summed E-state index contributed by atoms with van der Waals surface area (Å²) >= 11 is 5.83. The second kappa shape index (κ2) is 6.41. The lowest BCUT2D eigenvalue weighted by Crippen LogP contribution is -2.05. The van der Waals surface area contributed by atoms with Crippen LogP contribution in [-0.2, 0) is 11.3 Å². The van der Waals surface area contributed by atoms with E-state index >= 15 is 0 Å². The van der Waals surface area contributed by atoms with Crippen LogP contribution >= 0.6 is 11.6 Å². The molecule has 0 saturated heterocycles. The molecule has 2 aromatic carbocycles. The monoisotopic (exact) mass is 314 g/mol. The van der Waals surface area contributed by atoms with Crippen LogP contribution < -0.4 is 0 Å². The predicted octanol–water partition coefficient (Wildman–Crippen LogP) is 3.75. The fourth-order valence-electron chi connectivity index (χ4n) is 1.84. The average molecular weight is 315 g/mol. The molecule has 0 N–H and O–H groups in total. The fraction of sp³-hybridized carbons (Fsp3) is 0.0625. The van der Waals surface area contributed by atoms with Crippen molar-refractivity contribution in [1.29, 1.82) is 0 Å². The Labute approximate surface area is 131 Å². The normalized spacial score (nSPS) is 10.4. The Kier molecular flexibility index (Phi) is 4.16. The summed E-state index contributed by atoms with van der Waals surface area (Å²) < 4.78 is 10.6. The van der Waals surface area contributed by atoms with Gasteiger partial charge in [-0.15, -0.1) is 10.2 Å². The minimum atomic E-state index is -0.498. The third-order valence-electron chi connectivity index (χ3n) is 2.87. The molecule has 0 fully saturated rings.